The molecule has 0 spiro atoms. The molecular formula is C17H24ClNO2. The van der Waals surface area contributed by atoms with E-state index in [1.54, 1.807) is 0 Å². The fraction of sp³-hybridized carbons (Fsp3) is 0.588. The predicted octanol–water partition coefficient (Wildman–Crippen LogP) is 4.65. The molecule has 0 radical (unpaired) electrons. The van der Waals surface area contributed by atoms with Crippen LogP contribution in [0.15, 0.2) is 24.3 Å². The molecule has 0 saturated heterocycles. The molecule has 0 heterocycles. The lowest BCUT2D eigenvalue weighted by atomic mass is 9.75. The Morgan fingerprint density at radius 1 is 1.38 bits per heavy atom. The van der Waals surface area contributed by atoms with Crippen LogP contribution in [0.1, 0.15) is 46.0 Å². The van der Waals surface area contributed by atoms with E-state index in [9.17, 15) is 4.79 Å². The number of nitrogens with one attached hydrogen (secondary N) is 1. The third-order valence-electron chi connectivity index (χ3n) is 4.41. The van der Waals surface area contributed by atoms with Crippen LogP contribution in [0.25, 0.3) is 0 Å². The van der Waals surface area contributed by atoms with Crippen molar-refractivity contribution in [1.82, 2.24) is 0 Å². The van der Waals surface area contributed by atoms with Gasteiger partial charge in [-0.05, 0) is 56.7 Å². The normalized spacial score (nSPS) is 25.4. The molecule has 1 aliphatic rings. The number of ether oxygens (including phenoxy) is 1. The van der Waals surface area contributed by atoms with Crippen LogP contribution in [0.5, 0.6) is 0 Å². The lowest BCUT2D eigenvalue weighted by Crippen LogP contribution is -2.50. The Balaban J connectivity index is 2.18. The number of hydrogen-bond donors (Lipinski definition) is 1. The zero-order chi connectivity index (χ0) is 15.3. The van der Waals surface area contributed by atoms with E-state index in [4.69, 9.17) is 16.3 Å². The van der Waals surface area contributed by atoms with Gasteiger partial charge in [0, 0.05) is 10.7 Å². The quantitative estimate of drug-likeness (QED) is 0.804. The van der Waals surface area contributed by atoms with Crippen molar-refractivity contribution in [3.05, 3.63) is 29.3 Å². The van der Waals surface area contributed by atoms with Crippen LogP contribution in [0, 0.1) is 5.92 Å². The Morgan fingerprint density at radius 3 is 2.67 bits per heavy atom. The SMILES string of the molecule is CCOC(=O)C1(Nc2cccc(Cl)c2)CCC(CC)CC1. The predicted molar refractivity (Wildman–Crippen MR) is 86.7 cm³/mol. The number of carbonyl (C=O) groups is 1. The molecule has 21 heavy (non-hydrogen) atoms. The molecule has 0 aliphatic heterocycles. The summed E-state index contributed by atoms with van der Waals surface area (Å²) in [6.07, 6.45) is 4.93. The average molecular weight is 310 g/mol. The molecule has 0 amide bonds. The monoisotopic (exact) mass is 309 g/mol. The lowest BCUT2D eigenvalue weighted by molar-refractivity contribution is -0.150. The van der Waals surface area contributed by atoms with E-state index in [0.717, 1.165) is 31.4 Å². The Hall–Kier alpha value is -1.22. The second kappa shape index (κ2) is 7.17. The smallest absolute Gasteiger partial charge is 0.331 e. The number of hydrogen-bond acceptors (Lipinski definition) is 3. The van der Waals surface area contributed by atoms with Crippen molar-refractivity contribution in [3.8, 4) is 0 Å². The maximum atomic E-state index is 12.5. The van der Waals surface area contributed by atoms with Crippen molar-refractivity contribution in [3.63, 3.8) is 0 Å². The summed E-state index contributed by atoms with van der Waals surface area (Å²) in [7, 11) is 0. The summed E-state index contributed by atoms with van der Waals surface area (Å²) in [6.45, 7) is 4.48. The summed E-state index contributed by atoms with van der Waals surface area (Å²) >= 11 is 6.04. The molecule has 4 heteroatoms. The van der Waals surface area contributed by atoms with Gasteiger partial charge in [-0.3, -0.25) is 0 Å². The van der Waals surface area contributed by atoms with Crippen molar-refractivity contribution in [2.75, 3.05) is 11.9 Å². The molecule has 116 valence electrons. The molecular weight excluding hydrogens is 286 g/mol. The fourth-order valence-corrected chi connectivity index (χ4v) is 3.26. The van der Waals surface area contributed by atoms with Crippen LogP contribution in [-0.4, -0.2) is 18.1 Å². The van der Waals surface area contributed by atoms with Gasteiger partial charge in [0.25, 0.3) is 0 Å². The van der Waals surface area contributed by atoms with E-state index in [1.165, 1.54) is 6.42 Å². The first kappa shape index (κ1) is 16.2. The summed E-state index contributed by atoms with van der Waals surface area (Å²) in [5.41, 5.74) is 0.275. The van der Waals surface area contributed by atoms with Crippen LogP contribution < -0.4 is 5.32 Å². The van der Waals surface area contributed by atoms with E-state index >= 15 is 0 Å². The molecule has 0 aromatic heterocycles. The largest absolute Gasteiger partial charge is 0.464 e. The average Bonchev–Trinajstić information content (AvgIpc) is 2.48. The van der Waals surface area contributed by atoms with E-state index in [2.05, 4.69) is 12.2 Å². The summed E-state index contributed by atoms with van der Waals surface area (Å²) < 4.78 is 5.32. The van der Waals surface area contributed by atoms with E-state index in [1.807, 2.05) is 31.2 Å². The molecule has 1 aromatic rings. The molecule has 0 unspecified atom stereocenters. The Bertz CT molecular complexity index is 481. The van der Waals surface area contributed by atoms with E-state index in [-0.39, 0.29) is 5.97 Å². The Kier molecular flexibility index (Phi) is 5.51. The van der Waals surface area contributed by atoms with Gasteiger partial charge in [-0.1, -0.05) is 31.0 Å². The van der Waals surface area contributed by atoms with Gasteiger partial charge in [-0.15, -0.1) is 0 Å². The molecule has 3 nitrogen and oxygen atoms in total. The zero-order valence-electron chi connectivity index (χ0n) is 12.8. The highest BCUT2D eigenvalue weighted by Gasteiger charge is 2.42. The van der Waals surface area contributed by atoms with Crippen molar-refractivity contribution in [1.29, 1.82) is 0 Å². The highest BCUT2D eigenvalue weighted by Crippen LogP contribution is 2.37. The van der Waals surface area contributed by atoms with Crippen LogP contribution in [-0.2, 0) is 9.53 Å². The second-order valence-electron chi connectivity index (χ2n) is 5.79. The van der Waals surface area contributed by atoms with E-state index < -0.39 is 5.54 Å². The zero-order valence-corrected chi connectivity index (χ0v) is 13.6. The van der Waals surface area contributed by atoms with Gasteiger partial charge in [0.1, 0.15) is 5.54 Å². The first-order valence-electron chi connectivity index (χ1n) is 7.80. The minimum absolute atomic E-state index is 0.139. The number of anilines is 1. The summed E-state index contributed by atoms with van der Waals surface area (Å²) in [5, 5.41) is 4.07. The number of carbonyl (C=O) groups excluding carboxylic acids is 1. The minimum atomic E-state index is -0.605. The van der Waals surface area contributed by atoms with Crippen molar-refractivity contribution in [2.45, 2.75) is 51.5 Å². The van der Waals surface area contributed by atoms with Gasteiger partial charge in [-0.25, -0.2) is 4.79 Å². The minimum Gasteiger partial charge on any atom is -0.464 e. The van der Waals surface area contributed by atoms with Crippen LogP contribution in [0.2, 0.25) is 5.02 Å². The molecule has 1 fully saturated rings. The Labute approximate surface area is 132 Å². The van der Waals surface area contributed by atoms with Crippen LogP contribution in [0.4, 0.5) is 5.69 Å². The summed E-state index contributed by atoms with van der Waals surface area (Å²) in [4.78, 5) is 12.5. The third-order valence-corrected chi connectivity index (χ3v) is 4.65. The highest BCUT2D eigenvalue weighted by molar-refractivity contribution is 6.30. The van der Waals surface area contributed by atoms with Crippen LogP contribution >= 0.6 is 11.6 Å². The number of benzene rings is 1. The number of esters is 1. The van der Waals surface area contributed by atoms with Gasteiger partial charge in [0.2, 0.25) is 0 Å². The maximum Gasteiger partial charge on any atom is 0.331 e. The molecule has 0 atom stereocenters. The van der Waals surface area contributed by atoms with E-state index in [0.29, 0.717) is 17.5 Å². The van der Waals surface area contributed by atoms with Crippen molar-refractivity contribution >= 4 is 23.3 Å². The van der Waals surface area contributed by atoms with Gasteiger partial charge >= 0.3 is 5.97 Å². The fourth-order valence-electron chi connectivity index (χ4n) is 3.07. The Morgan fingerprint density at radius 2 is 2.10 bits per heavy atom. The molecule has 0 bridgehead atoms. The number of rotatable bonds is 5. The van der Waals surface area contributed by atoms with Crippen LogP contribution in [0.3, 0.4) is 0 Å². The molecule has 1 N–H and O–H groups in total. The molecule has 1 aromatic carbocycles. The molecule has 1 aliphatic carbocycles. The summed E-state index contributed by atoms with van der Waals surface area (Å²) in [6, 6.07) is 7.52. The molecule has 2 rings (SSSR count). The first-order valence-corrected chi connectivity index (χ1v) is 8.18. The standard InChI is InChI=1S/C17H24ClNO2/c1-3-13-8-10-17(11-9-13,16(20)21-4-2)19-15-7-5-6-14(18)12-15/h5-7,12-13,19H,3-4,8-11H2,1-2H3. The van der Waals surface area contributed by atoms with Gasteiger partial charge in [0.15, 0.2) is 0 Å². The first-order chi connectivity index (χ1) is 10.1. The van der Waals surface area contributed by atoms with Crippen molar-refractivity contribution in [2.24, 2.45) is 5.92 Å². The van der Waals surface area contributed by atoms with Gasteiger partial charge < -0.3 is 10.1 Å². The maximum absolute atomic E-state index is 12.5. The van der Waals surface area contributed by atoms with Gasteiger partial charge in [0.05, 0.1) is 6.61 Å². The van der Waals surface area contributed by atoms with Crippen molar-refractivity contribution < 1.29 is 9.53 Å². The lowest BCUT2D eigenvalue weighted by Gasteiger charge is -2.39. The topological polar surface area (TPSA) is 38.3 Å². The second-order valence-corrected chi connectivity index (χ2v) is 6.23. The molecule has 1 saturated carbocycles. The third kappa shape index (κ3) is 3.91. The summed E-state index contributed by atoms with van der Waals surface area (Å²) in [5.74, 6) is 0.577. The highest BCUT2D eigenvalue weighted by atomic mass is 35.5. The van der Waals surface area contributed by atoms with Gasteiger partial charge in [-0.2, -0.15) is 0 Å². The number of halogens is 1.